The summed E-state index contributed by atoms with van der Waals surface area (Å²) in [6.45, 7) is 3.73. The summed E-state index contributed by atoms with van der Waals surface area (Å²) in [6, 6.07) is 32.4. The number of benzene rings is 5. The minimum absolute atomic E-state index is 0.265. The maximum atomic E-state index is 13.2. The van der Waals surface area contributed by atoms with Crippen LogP contribution in [-0.2, 0) is 9.47 Å². The molecule has 0 spiro atoms. The number of aliphatic hydroxyl groups is 5. The molecule has 0 fully saturated rings. The first-order valence-corrected chi connectivity index (χ1v) is 41.8. The number of rotatable bonds is 60. The highest BCUT2D eigenvalue weighted by atomic mass is 16.5. The first-order chi connectivity index (χ1) is 52.8. The molecule has 5 aromatic rings. The number of esters is 2. The summed E-state index contributed by atoms with van der Waals surface area (Å²) in [7, 11) is 0. The van der Waals surface area contributed by atoms with Crippen molar-refractivity contribution in [2.75, 3.05) is 66.1 Å². The van der Waals surface area contributed by atoms with Crippen molar-refractivity contribution in [1.82, 2.24) is 0 Å². The number of carbonyl (C=O) groups excluding carboxylic acids is 2. The zero-order chi connectivity index (χ0) is 75.8. The van der Waals surface area contributed by atoms with E-state index in [1.165, 1.54) is 122 Å². The fourth-order valence-corrected chi connectivity index (χ4v) is 12.8. The lowest BCUT2D eigenvalue weighted by Crippen LogP contribution is -2.06. The summed E-state index contributed by atoms with van der Waals surface area (Å²) in [5, 5.41) is 45.5. The molecule has 0 bridgehead atoms. The van der Waals surface area contributed by atoms with Crippen LogP contribution in [0.1, 0.15) is 354 Å². The van der Waals surface area contributed by atoms with Crippen molar-refractivity contribution in [3.05, 3.63) is 159 Å². The summed E-state index contributed by atoms with van der Waals surface area (Å²) < 4.78 is 31.1. The highest BCUT2D eigenvalue weighted by molar-refractivity contribution is 5.90. The molecule has 5 N–H and O–H groups in total. The molecule has 5 aromatic carbocycles. The summed E-state index contributed by atoms with van der Waals surface area (Å²) in [4.78, 5) is 26.3. The molecule has 107 heavy (non-hydrogen) atoms. The largest absolute Gasteiger partial charge is 0.492 e. The van der Waals surface area contributed by atoms with Crippen LogP contribution in [0.5, 0.6) is 17.2 Å². The third-order valence-corrected chi connectivity index (χ3v) is 19.3. The molecule has 0 saturated carbocycles. The Morgan fingerprint density at radius 2 is 0.430 bits per heavy atom. The lowest BCUT2D eigenvalue weighted by atomic mass is 10.1. The van der Waals surface area contributed by atoms with Crippen LogP contribution in [0.25, 0.3) is 0 Å². The van der Waals surface area contributed by atoms with E-state index in [1.54, 1.807) is 24.3 Å². The van der Waals surface area contributed by atoms with Gasteiger partial charge in [-0.1, -0.05) is 284 Å². The predicted octanol–water partition coefficient (Wildman–Crippen LogP) is 21.3. The molecule has 5 rings (SSSR count). The second-order valence-electron chi connectivity index (χ2n) is 28.6. The van der Waals surface area contributed by atoms with Gasteiger partial charge >= 0.3 is 11.9 Å². The van der Waals surface area contributed by atoms with Crippen molar-refractivity contribution in [1.29, 1.82) is 0 Å². The average molecular weight is 1470 g/mol. The van der Waals surface area contributed by atoms with Gasteiger partial charge in [-0.05, 0) is 155 Å². The Labute approximate surface area is 645 Å². The zero-order valence-electron chi connectivity index (χ0n) is 65.3. The first kappa shape index (κ1) is 90.1. The van der Waals surface area contributed by atoms with Gasteiger partial charge in [-0.15, -0.1) is 0 Å². The summed E-state index contributed by atoms with van der Waals surface area (Å²) in [5.41, 5.74) is 6.85. The quantitative estimate of drug-likeness (QED) is 0.0141. The SMILES string of the molecule is O=C(OCCCCCCCCCCCO)c1cccc(C#Cc2ccc(C#Cc3ccc(C#Cc4ccc(C#Cc5cccc(C(=O)OCCCCCCCCCCCO)c5)c(OCCCCCCCCCCCO)c4)c(OCCCCCCCCCCCO)c3)cc2OCCCCCCCCCCCO)c1. The highest BCUT2D eigenvalue weighted by Crippen LogP contribution is 2.26. The lowest BCUT2D eigenvalue weighted by molar-refractivity contribution is 0.0488. The molecule has 584 valence electrons. The fraction of sp³-hybridized carbons (Fsp3) is 0.579. The van der Waals surface area contributed by atoms with Crippen LogP contribution in [0.3, 0.4) is 0 Å². The minimum atomic E-state index is -0.349. The van der Waals surface area contributed by atoms with Gasteiger partial charge in [0.2, 0.25) is 0 Å². The Hall–Kier alpha value is -7.52. The Balaban J connectivity index is 1.35. The number of ether oxygens (including phenoxy) is 5. The Kier molecular flexibility index (Phi) is 52.5. The number of unbranched alkanes of at least 4 members (excludes halogenated alkanes) is 40. The van der Waals surface area contributed by atoms with E-state index in [0.29, 0.717) is 72.5 Å². The second kappa shape index (κ2) is 62.4. The molecule has 0 aliphatic heterocycles. The van der Waals surface area contributed by atoms with Gasteiger partial charge in [-0.3, -0.25) is 0 Å². The average Bonchev–Trinajstić information content (AvgIpc) is 0.851. The van der Waals surface area contributed by atoms with E-state index in [4.69, 9.17) is 44.1 Å². The monoisotopic (exact) mass is 1460 g/mol. The van der Waals surface area contributed by atoms with Crippen LogP contribution in [0.2, 0.25) is 0 Å². The molecule has 0 saturated heterocycles. The van der Waals surface area contributed by atoms with Crippen LogP contribution in [0, 0.1) is 47.4 Å². The molecule has 0 amide bonds. The standard InChI is InChI=1S/C95H132O12/c96-66-36-26-16-6-1-11-21-31-41-71-103-91-78-83(56-62-86(91)60-54-81-48-46-50-89(76-81)94(101)106-74-44-34-24-14-4-9-19-29-39-69-99)52-53-84-57-63-88(92(79-84)104-72-42-32-22-12-2-7-17-27-37-67-97)65-59-85-58-64-87(93(80-85)105-73-43-33-23-13-3-8-18-28-38-68-98)61-55-82-49-47-51-90(77-82)95(102)107-75-45-35-25-15-5-10-20-30-40-70-100/h46-51,56-58,62-64,76-80,96-100H,1-45,66-75H2. The first-order valence-electron chi connectivity index (χ1n) is 41.8. The summed E-state index contributed by atoms with van der Waals surface area (Å²) in [6.07, 6.45) is 48.8. The van der Waals surface area contributed by atoms with E-state index in [9.17, 15) is 14.7 Å². The van der Waals surface area contributed by atoms with E-state index in [1.807, 2.05) is 78.9 Å². The van der Waals surface area contributed by atoms with Crippen molar-refractivity contribution >= 4 is 11.9 Å². The zero-order valence-corrected chi connectivity index (χ0v) is 65.3. The number of aliphatic hydroxyl groups excluding tert-OH is 5. The molecule has 0 unspecified atom stereocenters. The van der Waals surface area contributed by atoms with E-state index >= 15 is 0 Å². The molecule has 0 heterocycles. The van der Waals surface area contributed by atoms with Crippen LogP contribution >= 0.6 is 0 Å². The Morgan fingerprint density at radius 3 is 0.673 bits per heavy atom. The maximum absolute atomic E-state index is 13.2. The number of carbonyl (C=O) groups is 2. The van der Waals surface area contributed by atoms with Gasteiger partial charge in [0.15, 0.2) is 0 Å². The van der Waals surface area contributed by atoms with Crippen LogP contribution in [0.4, 0.5) is 0 Å². The molecule has 0 radical (unpaired) electrons. The normalized spacial score (nSPS) is 10.8. The van der Waals surface area contributed by atoms with Gasteiger partial charge in [0.25, 0.3) is 0 Å². The van der Waals surface area contributed by atoms with Gasteiger partial charge in [0.1, 0.15) is 17.2 Å². The van der Waals surface area contributed by atoms with Crippen molar-refractivity contribution < 1.29 is 58.8 Å². The van der Waals surface area contributed by atoms with E-state index in [0.717, 1.165) is 200 Å². The second-order valence-corrected chi connectivity index (χ2v) is 28.6. The number of hydrogen-bond acceptors (Lipinski definition) is 12. The summed E-state index contributed by atoms with van der Waals surface area (Å²) in [5.74, 6) is 28.3. The van der Waals surface area contributed by atoms with Crippen LogP contribution < -0.4 is 14.2 Å². The van der Waals surface area contributed by atoms with Crippen molar-refractivity contribution in [2.24, 2.45) is 0 Å². The molecule has 0 aliphatic rings. The third-order valence-electron chi connectivity index (χ3n) is 19.3. The van der Waals surface area contributed by atoms with E-state index < -0.39 is 0 Å². The molecular weight excluding hydrogens is 1330 g/mol. The van der Waals surface area contributed by atoms with Gasteiger partial charge < -0.3 is 49.2 Å². The van der Waals surface area contributed by atoms with Gasteiger partial charge in [-0.2, -0.15) is 0 Å². The van der Waals surface area contributed by atoms with Gasteiger partial charge in [0.05, 0.1) is 60.9 Å². The fourth-order valence-electron chi connectivity index (χ4n) is 12.8. The molecular formula is C95H132O12. The Morgan fingerprint density at radius 1 is 0.224 bits per heavy atom. The van der Waals surface area contributed by atoms with Gasteiger partial charge in [-0.25, -0.2) is 9.59 Å². The van der Waals surface area contributed by atoms with Crippen molar-refractivity contribution in [2.45, 2.75) is 289 Å². The van der Waals surface area contributed by atoms with E-state index in [2.05, 4.69) is 47.4 Å². The number of hydrogen-bond donors (Lipinski definition) is 5. The predicted molar refractivity (Wildman–Crippen MR) is 436 cm³/mol. The molecule has 0 atom stereocenters. The van der Waals surface area contributed by atoms with Crippen LogP contribution in [-0.4, -0.2) is 104 Å². The maximum Gasteiger partial charge on any atom is 0.338 e. The van der Waals surface area contributed by atoms with Crippen molar-refractivity contribution in [3.63, 3.8) is 0 Å². The van der Waals surface area contributed by atoms with Crippen LogP contribution in [0.15, 0.2) is 103 Å². The van der Waals surface area contributed by atoms with Crippen molar-refractivity contribution in [3.8, 4) is 64.6 Å². The topological polar surface area (TPSA) is 181 Å². The van der Waals surface area contributed by atoms with Gasteiger partial charge in [0, 0.05) is 60.9 Å². The third kappa shape index (κ3) is 43.9. The highest BCUT2D eigenvalue weighted by Gasteiger charge is 2.13. The summed E-state index contributed by atoms with van der Waals surface area (Å²) >= 11 is 0. The molecule has 0 aliphatic carbocycles. The molecule has 12 heteroatoms. The minimum Gasteiger partial charge on any atom is -0.492 e. The molecule has 0 aromatic heterocycles. The Bertz CT molecular complexity index is 3430. The molecule has 12 nitrogen and oxygen atoms in total. The van der Waals surface area contributed by atoms with E-state index in [-0.39, 0.29) is 45.0 Å². The smallest absolute Gasteiger partial charge is 0.338 e. The lowest BCUT2D eigenvalue weighted by Gasteiger charge is -2.10.